The van der Waals surface area contributed by atoms with Gasteiger partial charge in [0.25, 0.3) is 0 Å². The predicted octanol–water partition coefficient (Wildman–Crippen LogP) is 4.07. The molecule has 1 atom stereocenters. The van der Waals surface area contributed by atoms with Crippen LogP contribution in [0.2, 0.25) is 0 Å². The van der Waals surface area contributed by atoms with Gasteiger partial charge in [0.1, 0.15) is 0 Å². The molecule has 0 spiro atoms. The fourth-order valence-electron chi connectivity index (χ4n) is 3.75. The second-order valence-corrected chi connectivity index (χ2v) is 8.04. The molecule has 150 valence electrons. The van der Waals surface area contributed by atoms with Crippen LogP contribution in [-0.4, -0.2) is 47.0 Å². The summed E-state index contributed by atoms with van der Waals surface area (Å²) in [6.07, 6.45) is 5.62. The molecule has 1 aliphatic rings. The van der Waals surface area contributed by atoms with Gasteiger partial charge in [0.05, 0.1) is 6.04 Å². The van der Waals surface area contributed by atoms with E-state index < -0.39 is 0 Å². The number of carbonyl (C=O) groups is 1. The van der Waals surface area contributed by atoms with Crippen molar-refractivity contribution in [3.63, 3.8) is 0 Å². The molecule has 2 heterocycles. The Bertz CT molecular complexity index is 784. The SMILES string of the molecule is Cc1ccc([C@@H](C)NC(=O)N(Cc2cccnc2)C2CCN(C)CC2)cc1C. The average molecular weight is 381 g/mol. The quantitative estimate of drug-likeness (QED) is 0.851. The molecule has 1 aromatic carbocycles. The lowest BCUT2D eigenvalue weighted by atomic mass is 10.0. The smallest absolute Gasteiger partial charge is 0.318 e. The summed E-state index contributed by atoms with van der Waals surface area (Å²) in [5.41, 5.74) is 4.73. The van der Waals surface area contributed by atoms with Crippen LogP contribution in [-0.2, 0) is 6.54 Å². The molecule has 1 aromatic heterocycles. The van der Waals surface area contributed by atoms with Crippen LogP contribution in [0.25, 0.3) is 0 Å². The standard InChI is InChI=1S/C23H32N4O/c1-17-7-8-21(14-18(17)2)19(3)25-23(28)27(16-20-6-5-11-24-15-20)22-9-12-26(4)13-10-22/h5-8,11,14-15,19,22H,9-10,12-13,16H2,1-4H3,(H,25,28)/t19-/m1/s1. The fourth-order valence-corrected chi connectivity index (χ4v) is 3.75. The number of rotatable bonds is 5. The first-order valence-electron chi connectivity index (χ1n) is 10.2. The number of carbonyl (C=O) groups excluding carboxylic acids is 1. The Balaban J connectivity index is 1.74. The molecule has 28 heavy (non-hydrogen) atoms. The maximum atomic E-state index is 13.2. The molecule has 5 heteroatoms. The Morgan fingerprint density at radius 1 is 1.25 bits per heavy atom. The van der Waals surface area contributed by atoms with Crippen molar-refractivity contribution in [3.05, 3.63) is 65.0 Å². The third-order valence-electron chi connectivity index (χ3n) is 5.84. The molecule has 0 saturated carbocycles. The molecule has 0 unspecified atom stereocenters. The number of nitrogens with one attached hydrogen (secondary N) is 1. The topological polar surface area (TPSA) is 48.5 Å². The summed E-state index contributed by atoms with van der Waals surface area (Å²) in [5.74, 6) is 0. The summed E-state index contributed by atoms with van der Waals surface area (Å²) < 4.78 is 0. The van der Waals surface area contributed by atoms with Crippen molar-refractivity contribution in [1.29, 1.82) is 0 Å². The summed E-state index contributed by atoms with van der Waals surface area (Å²) in [5, 5.41) is 3.22. The molecular weight excluding hydrogens is 348 g/mol. The van der Waals surface area contributed by atoms with E-state index in [9.17, 15) is 4.79 Å². The highest BCUT2D eigenvalue weighted by Crippen LogP contribution is 2.21. The van der Waals surface area contributed by atoms with Crippen LogP contribution in [0.1, 0.15) is 48.1 Å². The second kappa shape index (κ2) is 9.20. The highest BCUT2D eigenvalue weighted by Gasteiger charge is 2.28. The number of benzene rings is 1. The lowest BCUT2D eigenvalue weighted by Crippen LogP contribution is -2.50. The zero-order valence-corrected chi connectivity index (χ0v) is 17.5. The van der Waals surface area contributed by atoms with Crippen molar-refractivity contribution in [2.24, 2.45) is 0 Å². The van der Waals surface area contributed by atoms with Crippen molar-refractivity contribution in [2.75, 3.05) is 20.1 Å². The van der Waals surface area contributed by atoms with E-state index in [1.165, 1.54) is 11.1 Å². The summed E-state index contributed by atoms with van der Waals surface area (Å²) in [4.78, 5) is 21.8. The zero-order chi connectivity index (χ0) is 20.1. The van der Waals surface area contributed by atoms with Gasteiger partial charge in [-0.3, -0.25) is 4.98 Å². The third kappa shape index (κ3) is 5.10. The number of aryl methyl sites for hydroxylation is 2. The Morgan fingerprint density at radius 3 is 2.64 bits per heavy atom. The molecule has 1 saturated heterocycles. The number of hydrogen-bond acceptors (Lipinski definition) is 3. The van der Waals surface area contributed by atoms with Crippen molar-refractivity contribution in [2.45, 2.75) is 52.2 Å². The summed E-state index contributed by atoms with van der Waals surface area (Å²) in [6.45, 7) is 8.91. The minimum absolute atomic E-state index is 0.00383. The van der Waals surface area contributed by atoms with Crippen molar-refractivity contribution >= 4 is 6.03 Å². The van der Waals surface area contributed by atoms with E-state index in [4.69, 9.17) is 0 Å². The number of urea groups is 1. The van der Waals surface area contributed by atoms with Gasteiger partial charge >= 0.3 is 6.03 Å². The van der Waals surface area contributed by atoms with Crippen LogP contribution >= 0.6 is 0 Å². The van der Waals surface area contributed by atoms with Gasteiger partial charge in [-0.1, -0.05) is 24.3 Å². The number of hydrogen-bond donors (Lipinski definition) is 1. The van der Waals surface area contributed by atoms with Crippen molar-refractivity contribution < 1.29 is 4.79 Å². The van der Waals surface area contributed by atoms with Gasteiger partial charge in [0, 0.05) is 25.0 Å². The molecule has 3 rings (SSSR count). The van der Waals surface area contributed by atoms with E-state index in [0.29, 0.717) is 6.54 Å². The molecule has 2 amide bonds. The van der Waals surface area contributed by atoms with Crippen LogP contribution < -0.4 is 5.32 Å². The Morgan fingerprint density at radius 2 is 2.00 bits per heavy atom. The second-order valence-electron chi connectivity index (χ2n) is 8.04. The lowest BCUT2D eigenvalue weighted by Gasteiger charge is -2.38. The Kier molecular flexibility index (Phi) is 6.68. The van der Waals surface area contributed by atoms with E-state index in [1.54, 1.807) is 6.20 Å². The molecule has 0 bridgehead atoms. The number of piperidine rings is 1. The van der Waals surface area contributed by atoms with Gasteiger partial charge in [-0.25, -0.2) is 4.79 Å². The van der Waals surface area contributed by atoms with Crippen LogP contribution in [0, 0.1) is 13.8 Å². The van der Waals surface area contributed by atoms with E-state index in [1.807, 2.05) is 23.2 Å². The maximum Gasteiger partial charge on any atom is 0.318 e. The van der Waals surface area contributed by atoms with E-state index in [-0.39, 0.29) is 18.1 Å². The Hall–Kier alpha value is -2.40. The minimum Gasteiger partial charge on any atom is -0.331 e. The van der Waals surface area contributed by atoms with Gasteiger partial charge in [0.2, 0.25) is 0 Å². The first kappa shape index (κ1) is 20.3. The molecule has 1 aliphatic heterocycles. The summed E-state index contributed by atoms with van der Waals surface area (Å²) >= 11 is 0. The number of amides is 2. The number of aromatic nitrogens is 1. The van der Waals surface area contributed by atoms with Crippen LogP contribution in [0.5, 0.6) is 0 Å². The average Bonchev–Trinajstić information content (AvgIpc) is 2.69. The van der Waals surface area contributed by atoms with Crippen LogP contribution in [0.15, 0.2) is 42.7 Å². The maximum absolute atomic E-state index is 13.2. The number of nitrogens with zero attached hydrogens (tertiary/aromatic N) is 3. The first-order chi connectivity index (χ1) is 13.4. The van der Waals surface area contributed by atoms with E-state index >= 15 is 0 Å². The molecule has 5 nitrogen and oxygen atoms in total. The number of likely N-dealkylation sites (tertiary alicyclic amines) is 1. The molecule has 0 aliphatic carbocycles. The molecule has 0 radical (unpaired) electrons. The molecule has 1 N–H and O–H groups in total. The largest absolute Gasteiger partial charge is 0.331 e. The van der Waals surface area contributed by atoms with Crippen LogP contribution in [0.4, 0.5) is 4.79 Å². The monoisotopic (exact) mass is 380 g/mol. The highest BCUT2D eigenvalue weighted by molar-refractivity contribution is 5.75. The minimum atomic E-state index is -0.0329. The normalized spacial score (nSPS) is 16.6. The molecule has 1 fully saturated rings. The summed E-state index contributed by atoms with van der Waals surface area (Å²) in [7, 11) is 2.14. The molecular formula is C23H32N4O. The third-order valence-corrected chi connectivity index (χ3v) is 5.84. The predicted molar refractivity (Wildman–Crippen MR) is 113 cm³/mol. The highest BCUT2D eigenvalue weighted by atomic mass is 16.2. The first-order valence-corrected chi connectivity index (χ1v) is 10.2. The van der Waals surface area contributed by atoms with Crippen LogP contribution in [0.3, 0.4) is 0 Å². The van der Waals surface area contributed by atoms with Gasteiger partial charge in [-0.2, -0.15) is 0 Å². The zero-order valence-electron chi connectivity index (χ0n) is 17.5. The fraction of sp³-hybridized carbons (Fsp3) is 0.478. The Labute approximate surface area is 168 Å². The number of pyridine rings is 1. The lowest BCUT2D eigenvalue weighted by molar-refractivity contribution is 0.125. The van der Waals surface area contributed by atoms with Gasteiger partial charge in [-0.05, 0) is 82.1 Å². The van der Waals surface area contributed by atoms with Gasteiger partial charge in [0.15, 0.2) is 0 Å². The van der Waals surface area contributed by atoms with Crippen molar-refractivity contribution in [3.8, 4) is 0 Å². The van der Waals surface area contributed by atoms with E-state index in [0.717, 1.165) is 37.1 Å². The van der Waals surface area contributed by atoms with Gasteiger partial charge in [-0.15, -0.1) is 0 Å². The van der Waals surface area contributed by atoms with E-state index in [2.05, 4.69) is 61.2 Å². The summed E-state index contributed by atoms with van der Waals surface area (Å²) in [6, 6.07) is 10.6. The van der Waals surface area contributed by atoms with Gasteiger partial charge < -0.3 is 15.1 Å². The molecule has 2 aromatic rings. The van der Waals surface area contributed by atoms with Crippen molar-refractivity contribution in [1.82, 2.24) is 20.1 Å².